The molecule has 0 aliphatic carbocycles. The van der Waals surface area contributed by atoms with E-state index < -0.39 is 0 Å². The number of aryl methyl sites for hydroxylation is 1. The SMILES string of the molecule is [CH2]CCc1ccc(OC(C)C)cc1. The van der Waals surface area contributed by atoms with Gasteiger partial charge >= 0.3 is 0 Å². The summed E-state index contributed by atoms with van der Waals surface area (Å²) < 4.78 is 5.53. The molecule has 0 bridgehead atoms. The van der Waals surface area contributed by atoms with E-state index in [-0.39, 0.29) is 6.10 Å². The molecule has 1 aromatic rings. The fraction of sp³-hybridized carbons (Fsp3) is 0.417. The van der Waals surface area contributed by atoms with E-state index in [9.17, 15) is 0 Å². The predicted molar refractivity (Wildman–Crippen MR) is 55.9 cm³/mol. The van der Waals surface area contributed by atoms with Crippen molar-refractivity contribution in [3.8, 4) is 5.75 Å². The molecule has 0 amide bonds. The van der Waals surface area contributed by atoms with Gasteiger partial charge in [0.15, 0.2) is 0 Å². The zero-order valence-corrected chi connectivity index (χ0v) is 8.42. The average molecular weight is 177 g/mol. The minimum absolute atomic E-state index is 0.249. The molecule has 0 aliphatic rings. The van der Waals surface area contributed by atoms with E-state index in [1.165, 1.54) is 5.56 Å². The molecule has 1 rings (SSSR count). The number of benzene rings is 1. The summed E-state index contributed by atoms with van der Waals surface area (Å²) in [4.78, 5) is 0. The molecular formula is C12H17O. The molecule has 1 nitrogen and oxygen atoms in total. The van der Waals surface area contributed by atoms with Crippen LogP contribution in [0.1, 0.15) is 25.8 Å². The lowest BCUT2D eigenvalue weighted by atomic mass is 10.1. The molecule has 0 heterocycles. The molecule has 13 heavy (non-hydrogen) atoms. The molecule has 1 radical (unpaired) electrons. The molecule has 0 aliphatic heterocycles. The third-order valence-electron chi connectivity index (χ3n) is 1.76. The highest BCUT2D eigenvalue weighted by atomic mass is 16.5. The predicted octanol–water partition coefficient (Wildman–Crippen LogP) is 3.24. The Balaban J connectivity index is 2.59. The molecule has 0 N–H and O–H groups in total. The van der Waals surface area contributed by atoms with Gasteiger partial charge in [0.1, 0.15) is 5.75 Å². The summed E-state index contributed by atoms with van der Waals surface area (Å²) in [6.45, 7) is 7.88. The summed E-state index contributed by atoms with van der Waals surface area (Å²) in [7, 11) is 0. The lowest BCUT2D eigenvalue weighted by Gasteiger charge is -2.09. The van der Waals surface area contributed by atoms with Crippen LogP contribution in [0.2, 0.25) is 0 Å². The van der Waals surface area contributed by atoms with Gasteiger partial charge in [-0.25, -0.2) is 0 Å². The van der Waals surface area contributed by atoms with Crippen molar-refractivity contribution in [2.75, 3.05) is 0 Å². The molecule has 0 aromatic heterocycles. The van der Waals surface area contributed by atoms with E-state index in [4.69, 9.17) is 4.74 Å². The Kier molecular flexibility index (Phi) is 3.81. The van der Waals surface area contributed by atoms with Crippen LogP contribution in [0.5, 0.6) is 5.75 Å². The quantitative estimate of drug-likeness (QED) is 0.686. The minimum atomic E-state index is 0.249. The molecule has 0 unspecified atom stereocenters. The fourth-order valence-corrected chi connectivity index (χ4v) is 1.21. The largest absolute Gasteiger partial charge is 0.491 e. The molecule has 0 atom stereocenters. The highest BCUT2D eigenvalue weighted by molar-refractivity contribution is 5.27. The Labute approximate surface area is 80.7 Å². The second kappa shape index (κ2) is 4.90. The Bertz CT molecular complexity index is 236. The van der Waals surface area contributed by atoms with E-state index >= 15 is 0 Å². The first kappa shape index (κ1) is 10.1. The van der Waals surface area contributed by atoms with Crippen LogP contribution >= 0.6 is 0 Å². The van der Waals surface area contributed by atoms with Crippen molar-refractivity contribution in [3.63, 3.8) is 0 Å². The molecule has 0 saturated carbocycles. The van der Waals surface area contributed by atoms with Crippen molar-refractivity contribution in [2.24, 2.45) is 0 Å². The van der Waals surface area contributed by atoms with Crippen molar-refractivity contribution < 1.29 is 4.74 Å². The zero-order valence-electron chi connectivity index (χ0n) is 8.42. The van der Waals surface area contributed by atoms with Crippen molar-refractivity contribution in [1.29, 1.82) is 0 Å². The van der Waals surface area contributed by atoms with Crippen molar-refractivity contribution >= 4 is 0 Å². The van der Waals surface area contributed by atoms with Gasteiger partial charge in [-0.05, 0) is 44.4 Å². The summed E-state index contributed by atoms with van der Waals surface area (Å²) in [5, 5.41) is 0. The summed E-state index contributed by atoms with van der Waals surface area (Å²) in [5.41, 5.74) is 1.33. The van der Waals surface area contributed by atoms with Crippen LogP contribution < -0.4 is 4.74 Å². The van der Waals surface area contributed by atoms with Gasteiger partial charge in [-0.3, -0.25) is 0 Å². The molecule has 0 fully saturated rings. The normalized spacial score (nSPS) is 10.5. The van der Waals surface area contributed by atoms with Crippen LogP contribution in [0.3, 0.4) is 0 Å². The van der Waals surface area contributed by atoms with E-state index in [2.05, 4.69) is 19.1 Å². The Morgan fingerprint density at radius 2 is 1.85 bits per heavy atom. The van der Waals surface area contributed by atoms with Crippen LogP contribution in [0.25, 0.3) is 0 Å². The van der Waals surface area contributed by atoms with E-state index in [1.807, 2.05) is 26.0 Å². The van der Waals surface area contributed by atoms with Gasteiger partial charge in [-0.2, -0.15) is 0 Å². The number of hydrogen-bond acceptors (Lipinski definition) is 1. The van der Waals surface area contributed by atoms with Crippen molar-refractivity contribution in [3.05, 3.63) is 36.8 Å². The number of ether oxygens (including phenoxy) is 1. The van der Waals surface area contributed by atoms with Crippen LogP contribution in [-0.2, 0) is 6.42 Å². The van der Waals surface area contributed by atoms with Gasteiger partial charge in [-0.1, -0.05) is 19.1 Å². The van der Waals surface area contributed by atoms with Gasteiger partial charge < -0.3 is 4.74 Å². The van der Waals surface area contributed by atoms with Gasteiger partial charge in [0.2, 0.25) is 0 Å². The summed E-state index contributed by atoms with van der Waals surface area (Å²) >= 11 is 0. The molecular weight excluding hydrogens is 160 g/mol. The smallest absolute Gasteiger partial charge is 0.119 e. The van der Waals surface area contributed by atoms with Crippen LogP contribution in [-0.4, -0.2) is 6.10 Å². The Hall–Kier alpha value is -0.980. The maximum absolute atomic E-state index is 5.53. The lowest BCUT2D eigenvalue weighted by Crippen LogP contribution is -2.05. The highest BCUT2D eigenvalue weighted by Gasteiger charge is 1.96. The zero-order chi connectivity index (χ0) is 9.68. The summed E-state index contributed by atoms with van der Waals surface area (Å²) in [6.07, 6.45) is 2.24. The fourth-order valence-electron chi connectivity index (χ4n) is 1.21. The molecule has 1 aromatic carbocycles. The molecule has 0 saturated heterocycles. The van der Waals surface area contributed by atoms with Gasteiger partial charge in [-0.15, -0.1) is 0 Å². The second-order valence-electron chi connectivity index (χ2n) is 3.41. The topological polar surface area (TPSA) is 9.23 Å². The number of hydrogen-bond donors (Lipinski definition) is 0. The third kappa shape index (κ3) is 3.49. The first-order valence-corrected chi connectivity index (χ1v) is 4.77. The minimum Gasteiger partial charge on any atom is -0.491 e. The first-order valence-electron chi connectivity index (χ1n) is 4.77. The summed E-state index contributed by atoms with van der Waals surface area (Å²) in [6, 6.07) is 8.24. The Morgan fingerprint density at radius 1 is 1.23 bits per heavy atom. The number of rotatable bonds is 4. The van der Waals surface area contributed by atoms with E-state index in [0.29, 0.717) is 0 Å². The van der Waals surface area contributed by atoms with Crippen molar-refractivity contribution in [1.82, 2.24) is 0 Å². The first-order chi connectivity index (χ1) is 6.22. The van der Waals surface area contributed by atoms with Crippen LogP contribution in [0.15, 0.2) is 24.3 Å². The standard InChI is InChI=1S/C12H17O/c1-4-5-11-6-8-12(9-7-11)13-10(2)3/h6-10H,1,4-5H2,2-3H3. The molecule has 1 heteroatoms. The maximum Gasteiger partial charge on any atom is 0.119 e. The monoisotopic (exact) mass is 177 g/mol. The van der Waals surface area contributed by atoms with Crippen LogP contribution in [0.4, 0.5) is 0 Å². The third-order valence-corrected chi connectivity index (χ3v) is 1.76. The van der Waals surface area contributed by atoms with Gasteiger partial charge in [0, 0.05) is 0 Å². The average Bonchev–Trinajstić information content (AvgIpc) is 2.08. The van der Waals surface area contributed by atoms with Crippen molar-refractivity contribution in [2.45, 2.75) is 32.8 Å². The van der Waals surface area contributed by atoms with E-state index in [1.54, 1.807) is 0 Å². The maximum atomic E-state index is 5.53. The highest BCUT2D eigenvalue weighted by Crippen LogP contribution is 2.14. The van der Waals surface area contributed by atoms with Gasteiger partial charge in [0.25, 0.3) is 0 Å². The Morgan fingerprint density at radius 3 is 2.31 bits per heavy atom. The molecule has 71 valence electrons. The van der Waals surface area contributed by atoms with E-state index in [0.717, 1.165) is 18.6 Å². The lowest BCUT2D eigenvalue weighted by molar-refractivity contribution is 0.242. The van der Waals surface area contributed by atoms with Crippen LogP contribution in [0, 0.1) is 6.92 Å². The second-order valence-corrected chi connectivity index (χ2v) is 3.41. The van der Waals surface area contributed by atoms with Gasteiger partial charge in [0.05, 0.1) is 6.10 Å². The molecule has 0 spiro atoms. The summed E-state index contributed by atoms with van der Waals surface area (Å²) in [5.74, 6) is 0.947.